The van der Waals surface area contributed by atoms with Crippen LogP contribution in [0.5, 0.6) is 5.75 Å². The first-order valence-corrected chi connectivity index (χ1v) is 10.7. The molecule has 0 radical (unpaired) electrons. The normalized spacial score (nSPS) is 13.3. The zero-order chi connectivity index (χ0) is 17.8. The van der Waals surface area contributed by atoms with Crippen LogP contribution in [0.15, 0.2) is 34.0 Å². The third-order valence-electron chi connectivity index (χ3n) is 3.74. The second-order valence-electron chi connectivity index (χ2n) is 5.58. The van der Waals surface area contributed by atoms with Crippen molar-refractivity contribution in [1.82, 2.24) is 10.2 Å². The van der Waals surface area contributed by atoms with Crippen LogP contribution in [0.4, 0.5) is 9.52 Å². The molecule has 1 aliphatic heterocycles. The third-order valence-corrected chi connectivity index (χ3v) is 6.74. The number of hydrogen-bond acceptors (Lipinski definition) is 8. The number of aromatic nitrogens is 2. The number of nitrogens with one attached hydrogen (secondary N) is 1. The van der Waals surface area contributed by atoms with Gasteiger partial charge in [-0.15, -0.1) is 21.5 Å². The maximum atomic E-state index is 13.8. The van der Waals surface area contributed by atoms with Crippen molar-refractivity contribution in [2.24, 2.45) is 0 Å². The Hall–Kier alpha value is -1.68. The van der Waals surface area contributed by atoms with Crippen LogP contribution in [0.1, 0.15) is 16.0 Å². The minimum atomic E-state index is -0.276. The lowest BCUT2D eigenvalue weighted by Gasteiger charge is -2.20. The summed E-state index contributed by atoms with van der Waals surface area (Å²) < 4.78 is 25.4. The molecule has 0 fully saturated rings. The Morgan fingerprint density at radius 3 is 3.15 bits per heavy atom. The molecule has 0 spiro atoms. The van der Waals surface area contributed by atoms with E-state index in [1.54, 1.807) is 11.3 Å². The van der Waals surface area contributed by atoms with E-state index in [-0.39, 0.29) is 12.6 Å². The number of benzene rings is 1. The molecular formula is C17H16FN3O2S3. The van der Waals surface area contributed by atoms with E-state index in [4.69, 9.17) is 9.47 Å². The molecule has 3 heterocycles. The predicted molar refractivity (Wildman–Crippen MR) is 103 cm³/mol. The topological polar surface area (TPSA) is 56.3 Å². The molecule has 1 aliphatic rings. The largest absolute Gasteiger partial charge is 0.467 e. The monoisotopic (exact) mass is 409 g/mol. The van der Waals surface area contributed by atoms with Crippen LogP contribution in [0.2, 0.25) is 0 Å². The SMILES string of the molecule is Fc1cc2c(c(CSc3nnc(NCCc4cccs4)s3)c1)OCOC2. The van der Waals surface area contributed by atoms with Gasteiger partial charge in [0.2, 0.25) is 5.13 Å². The molecule has 4 rings (SSSR count). The van der Waals surface area contributed by atoms with Gasteiger partial charge in [0.1, 0.15) is 11.6 Å². The van der Waals surface area contributed by atoms with Crippen molar-refractivity contribution in [3.05, 3.63) is 51.5 Å². The third kappa shape index (κ3) is 4.35. The van der Waals surface area contributed by atoms with Gasteiger partial charge in [0.25, 0.3) is 0 Å². The minimum absolute atomic E-state index is 0.202. The lowest BCUT2D eigenvalue weighted by Crippen LogP contribution is -2.13. The zero-order valence-electron chi connectivity index (χ0n) is 13.7. The average Bonchev–Trinajstić information content (AvgIpc) is 3.32. The summed E-state index contributed by atoms with van der Waals surface area (Å²) in [5, 5.41) is 14.5. The summed E-state index contributed by atoms with van der Waals surface area (Å²) in [7, 11) is 0. The highest BCUT2D eigenvalue weighted by Gasteiger charge is 2.17. The molecule has 1 N–H and O–H groups in total. The Kier molecular flexibility index (Phi) is 5.68. The van der Waals surface area contributed by atoms with Gasteiger partial charge in [-0.2, -0.15) is 0 Å². The molecule has 0 saturated carbocycles. The average molecular weight is 410 g/mol. The number of thioether (sulfide) groups is 1. The summed E-state index contributed by atoms with van der Waals surface area (Å²) in [5.41, 5.74) is 1.57. The molecule has 0 aliphatic carbocycles. The molecule has 9 heteroatoms. The van der Waals surface area contributed by atoms with E-state index in [0.29, 0.717) is 12.4 Å². The first-order valence-electron chi connectivity index (χ1n) is 8.02. The van der Waals surface area contributed by atoms with Gasteiger partial charge in [0.05, 0.1) is 6.61 Å². The van der Waals surface area contributed by atoms with Crippen molar-refractivity contribution in [2.75, 3.05) is 18.7 Å². The smallest absolute Gasteiger partial charge is 0.206 e. The lowest BCUT2D eigenvalue weighted by atomic mass is 10.1. The van der Waals surface area contributed by atoms with Crippen LogP contribution < -0.4 is 10.1 Å². The number of nitrogens with zero attached hydrogens (tertiary/aromatic N) is 2. The molecule has 0 saturated heterocycles. The number of ether oxygens (including phenoxy) is 2. The van der Waals surface area contributed by atoms with Gasteiger partial charge < -0.3 is 14.8 Å². The number of fused-ring (bicyclic) bond motifs is 1. The van der Waals surface area contributed by atoms with Crippen LogP contribution in [0.25, 0.3) is 0 Å². The number of rotatable bonds is 7. The van der Waals surface area contributed by atoms with Gasteiger partial charge >= 0.3 is 0 Å². The van der Waals surface area contributed by atoms with Crippen molar-refractivity contribution in [3.63, 3.8) is 0 Å². The summed E-state index contributed by atoms with van der Waals surface area (Å²) >= 11 is 4.78. The van der Waals surface area contributed by atoms with Gasteiger partial charge in [0.15, 0.2) is 11.1 Å². The number of anilines is 1. The van der Waals surface area contributed by atoms with Crippen molar-refractivity contribution in [1.29, 1.82) is 0 Å². The second-order valence-corrected chi connectivity index (χ2v) is 8.81. The van der Waals surface area contributed by atoms with E-state index in [1.807, 2.05) is 0 Å². The Morgan fingerprint density at radius 2 is 2.27 bits per heavy atom. The first kappa shape index (κ1) is 17.7. The zero-order valence-corrected chi connectivity index (χ0v) is 16.2. The molecule has 1 aromatic carbocycles. The molecular weight excluding hydrogens is 393 g/mol. The van der Waals surface area contributed by atoms with Crippen molar-refractivity contribution in [2.45, 2.75) is 23.1 Å². The van der Waals surface area contributed by atoms with Gasteiger partial charge in [-0.3, -0.25) is 0 Å². The Labute approximate surface area is 162 Å². The summed E-state index contributed by atoms with van der Waals surface area (Å²) in [6.07, 6.45) is 0.967. The van der Waals surface area contributed by atoms with Crippen LogP contribution in [0, 0.1) is 5.82 Å². The highest BCUT2D eigenvalue weighted by Crippen LogP contribution is 2.35. The van der Waals surface area contributed by atoms with Crippen LogP contribution >= 0.6 is 34.4 Å². The second kappa shape index (κ2) is 8.34. The molecule has 0 unspecified atom stereocenters. The molecule has 0 bridgehead atoms. The Balaban J connectivity index is 1.34. The lowest BCUT2D eigenvalue weighted by molar-refractivity contribution is -0.0171. The molecule has 5 nitrogen and oxygen atoms in total. The van der Waals surface area contributed by atoms with Crippen LogP contribution in [0.3, 0.4) is 0 Å². The van der Waals surface area contributed by atoms with E-state index < -0.39 is 0 Å². The summed E-state index contributed by atoms with van der Waals surface area (Å²) in [6, 6.07) is 7.16. The molecule has 0 amide bonds. The van der Waals surface area contributed by atoms with Crippen molar-refractivity contribution < 1.29 is 13.9 Å². The summed E-state index contributed by atoms with van der Waals surface area (Å²) in [6.45, 7) is 1.40. The predicted octanol–water partition coefficient (Wildman–Crippen LogP) is 4.55. The van der Waals surface area contributed by atoms with E-state index in [2.05, 4.69) is 33.0 Å². The Morgan fingerprint density at radius 1 is 1.31 bits per heavy atom. The molecule has 136 valence electrons. The molecule has 3 aromatic rings. The van der Waals surface area contributed by atoms with Crippen LogP contribution in [-0.4, -0.2) is 23.5 Å². The fraction of sp³-hybridized carbons (Fsp3) is 0.294. The first-order chi connectivity index (χ1) is 12.8. The Bertz CT molecular complexity index is 870. The van der Waals surface area contributed by atoms with E-state index in [9.17, 15) is 4.39 Å². The molecule has 26 heavy (non-hydrogen) atoms. The van der Waals surface area contributed by atoms with Crippen molar-refractivity contribution >= 4 is 39.6 Å². The summed E-state index contributed by atoms with van der Waals surface area (Å²) in [4.78, 5) is 1.34. The molecule has 2 aromatic heterocycles. The highest BCUT2D eigenvalue weighted by atomic mass is 32.2. The number of hydrogen-bond donors (Lipinski definition) is 1. The fourth-order valence-corrected chi connectivity index (χ4v) is 5.04. The highest BCUT2D eigenvalue weighted by molar-refractivity contribution is 8.00. The minimum Gasteiger partial charge on any atom is -0.467 e. The number of halogens is 1. The van der Waals surface area contributed by atoms with E-state index >= 15 is 0 Å². The van der Waals surface area contributed by atoms with Gasteiger partial charge in [-0.25, -0.2) is 4.39 Å². The molecule has 0 atom stereocenters. The number of thiophene rings is 1. The van der Waals surface area contributed by atoms with Crippen molar-refractivity contribution in [3.8, 4) is 5.75 Å². The van der Waals surface area contributed by atoms with Gasteiger partial charge in [-0.1, -0.05) is 29.2 Å². The van der Waals surface area contributed by atoms with E-state index in [0.717, 1.165) is 39.3 Å². The maximum Gasteiger partial charge on any atom is 0.206 e. The van der Waals surface area contributed by atoms with Gasteiger partial charge in [-0.05, 0) is 30.0 Å². The van der Waals surface area contributed by atoms with Crippen LogP contribution in [-0.2, 0) is 23.5 Å². The quantitative estimate of drug-likeness (QED) is 0.578. The van der Waals surface area contributed by atoms with Gasteiger partial charge in [0, 0.05) is 28.3 Å². The standard InChI is InChI=1S/C17H16FN3O2S3/c18-13-6-11-8-22-10-23-15(11)12(7-13)9-25-17-21-20-16(26-17)19-4-3-14-2-1-5-24-14/h1-2,5-7H,3-4,8-10H2,(H,19,20). The fourth-order valence-electron chi connectivity index (χ4n) is 2.59. The van der Waals surface area contributed by atoms with E-state index in [1.165, 1.54) is 40.1 Å². The maximum absolute atomic E-state index is 13.8. The summed E-state index contributed by atoms with van der Waals surface area (Å²) in [5.74, 6) is 1.02.